The summed E-state index contributed by atoms with van der Waals surface area (Å²) in [7, 11) is 0. The van der Waals surface area contributed by atoms with Gasteiger partial charge in [0, 0.05) is 6.54 Å². The normalized spacial score (nSPS) is 19.2. The molecule has 0 saturated heterocycles. The van der Waals surface area contributed by atoms with Gasteiger partial charge in [-0.05, 0) is 26.2 Å². The van der Waals surface area contributed by atoms with E-state index in [1.165, 1.54) is 0 Å². The van der Waals surface area contributed by atoms with Gasteiger partial charge in [0.15, 0.2) is 0 Å². The molecule has 0 aliphatic carbocycles. The lowest BCUT2D eigenvalue weighted by Gasteiger charge is -2.32. The Hall–Kier alpha value is -0.0800. The topological polar surface area (TPSA) is 35.2 Å². The summed E-state index contributed by atoms with van der Waals surface area (Å²) in [5.74, 6) is 0.558. The van der Waals surface area contributed by atoms with Gasteiger partial charge in [-0.1, -0.05) is 20.8 Å². The molecule has 0 aliphatic heterocycles. The fraction of sp³-hybridized carbons (Fsp3) is 1.00. The summed E-state index contributed by atoms with van der Waals surface area (Å²) in [6, 6.07) is 0. The van der Waals surface area contributed by atoms with E-state index in [4.69, 9.17) is 10.5 Å². The molecule has 0 fully saturated rings. The van der Waals surface area contributed by atoms with Gasteiger partial charge in [0.05, 0.1) is 11.7 Å². The quantitative estimate of drug-likeness (QED) is 0.691. The second-order valence-electron chi connectivity index (χ2n) is 4.07. The maximum absolute atomic E-state index is 5.87. The monoisotopic (exact) mass is 173 g/mol. The highest BCUT2D eigenvalue weighted by Gasteiger charge is 2.24. The molecule has 0 spiro atoms. The summed E-state index contributed by atoms with van der Waals surface area (Å²) in [5, 5.41) is 0. The zero-order chi connectivity index (χ0) is 9.78. The summed E-state index contributed by atoms with van der Waals surface area (Å²) in [5.41, 5.74) is 5.51. The van der Waals surface area contributed by atoms with Crippen LogP contribution in [-0.2, 0) is 4.74 Å². The van der Waals surface area contributed by atoms with Crippen LogP contribution in [0.25, 0.3) is 0 Å². The van der Waals surface area contributed by atoms with Gasteiger partial charge in [0.25, 0.3) is 0 Å². The smallest absolute Gasteiger partial charge is 0.0777 e. The van der Waals surface area contributed by atoms with Crippen molar-refractivity contribution in [1.82, 2.24) is 0 Å². The molecule has 0 bridgehead atoms. The summed E-state index contributed by atoms with van der Waals surface area (Å²) >= 11 is 0. The molecule has 12 heavy (non-hydrogen) atoms. The summed E-state index contributed by atoms with van der Waals surface area (Å²) < 4.78 is 5.87. The van der Waals surface area contributed by atoms with Crippen molar-refractivity contribution < 1.29 is 4.74 Å². The molecule has 74 valence electrons. The van der Waals surface area contributed by atoms with Crippen LogP contribution in [0.15, 0.2) is 0 Å². The average Bonchev–Trinajstić information content (AvgIpc) is 2.04. The summed E-state index contributed by atoms with van der Waals surface area (Å²) in [6.45, 7) is 11.2. The molecule has 0 aromatic carbocycles. The molecule has 0 saturated carbocycles. The van der Waals surface area contributed by atoms with Crippen molar-refractivity contribution in [2.45, 2.75) is 52.7 Å². The minimum absolute atomic E-state index is 0.135. The highest BCUT2D eigenvalue weighted by Crippen LogP contribution is 2.19. The van der Waals surface area contributed by atoms with Crippen molar-refractivity contribution in [2.75, 3.05) is 6.54 Å². The molecule has 2 nitrogen and oxygen atoms in total. The fourth-order valence-corrected chi connectivity index (χ4v) is 0.861. The predicted octanol–water partition coefficient (Wildman–Crippen LogP) is 2.17. The molecule has 0 aromatic heterocycles. The van der Waals surface area contributed by atoms with Gasteiger partial charge < -0.3 is 10.5 Å². The van der Waals surface area contributed by atoms with E-state index in [0.717, 1.165) is 6.42 Å². The molecule has 0 rings (SSSR count). The molecule has 2 N–H and O–H groups in total. The molecule has 2 unspecified atom stereocenters. The second-order valence-corrected chi connectivity index (χ2v) is 4.07. The molecular weight excluding hydrogens is 150 g/mol. The Balaban J connectivity index is 4.02. The fourth-order valence-electron chi connectivity index (χ4n) is 0.861. The predicted molar refractivity (Wildman–Crippen MR) is 53.1 cm³/mol. The largest absolute Gasteiger partial charge is 0.371 e. The minimum atomic E-state index is -0.135. The van der Waals surface area contributed by atoms with Crippen molar-refractivity contribution in [3.05, 3.63) is 0 Å². The van der Waals surface area contributed by atoms with E-state index >= 15 is 0 Å². The summed E-state index contributed by atoms with van der Waals surface area (Å²) in [6.07, 6.45) is 1.26. The molecule has 2 atom stereocenters. The number of rotatable bonds is 5. The van der Waals surface area contributed by atoms with Gasteiger partial charge >= 0.3 is 0 Å². The van der Waals surface area contributed by atoms with Crippen LogP contribution in [-0.4, -0.2) is 18.2 Å². The third-order valence-corrected chi connectivity index (χ3v) is 2.59. The van der Waals surface area contributed by atoms with Crippen LogP contribution >= 0.6 is 0 Å². The Morgan fingerprint density at radius 1 is 1.33 bits per heavy atom. The number of ether oxygens (including phenoxy) is 1. The lowest BCUT2D eigenvalue weighted by atomic mass is 10.0. The Kier molecular flexibility index (Phi) is 4.80. The third-order valence-electron chi connectivity index (χ3n) is 2.59. The van der Waals surface area contributed by atoms with Crippen LogP contribution in [0.2, 0.25) is 0 Å². The van der Waals surface area contributed by atoms with Crippen LogP contribution in [0.1, 0.15) is 41.0 Å². The molecule has 0 radical (unpaired) electrons. The van der Waals surface area contributed by atoms with E-state index in [0.29, 0.717) is 18.6 Å². The highest BCUT2D eigenvalue weighted by atomic mass is 16.5. The van der Waals surface area contributed by atoms with Gasteiger partial charge in [-0.25, -0.2) is 0 Å². The molecule has 0 amide bonds. The van der Waals surface area contributed by atoms with E-state index in [1.54, 1.807) is 0 Å². The van der Waals surface area contributed by atoms with Crippen LogP contribution in [0.5, 0.6) is 0 Å². The first-order valence-corrected chi connectivity index (χ1v) is 4.83. The molecule has 2 heteroatoms. The van der Waals surface area contributed by atoms with Crippen LogP contribution in [0.3, 0.4) is 0 Å². The molecule has 0 aromatic rings. The van der Waals surface area contributed by atoms with Gasteiger partial charge in [0.2, 0.25) is 0 Å². The summed E-state index contributed by atoms with van der Waals surface area (Å²) in [4.78, 5) is 0. The third kappa shape index (κ3) is 3.55. The Morgan fingerprint density at radius 2 is 1.83 bits per heavy atom. The number of nitrogens with two attached hydrogens (primary N) is 1. The van der Waals surface area contributed by atoms with E-state index in [9.17, 15) is 0 Å². The average molecular weight is 173 g/mol. The van der Waals surface area contributed by atoms with Crippen molar-refractivity contribution >= 4 is 0 Å². The SMILES string of the molecule is CCC(C)(CN)OC(C)C(C)C. The Morgan fingerprint density at radius 3 is 2.08 bits per heavy atom. The van der Waals surface area contributed by atoms with Crippen LogP contribution < -0.4 is 5.73 Å². The zero-order valence-electron chi connectivity index (χ0n) is 9.05. The highest BCUT2D eigenvalue weighted by molar-refractivity contribution is 4.76. The Labute approximate surface area is 76.5 Å². The lowest BCUT2D eigenvalue weighted by molar-refractivity contribution is -0.0882. The van der Waals surface area contributed by atoms with Crippen molar-refractivity contribution in [3.63, 3.8) is 0 Å². The lowest BCUT2D eigenvalue weighted by Crippen LogP contribution is -2.40. The molecule has 0 aliphatic rings. The van der Waals surface area contributed by atoms with E-state index < -0.39 is 0 Å². The van der Waals surface area contributed by atoms with E-state index in [-0.39, 0.29) is 5.60 Å². The van der Waals surface area contributed by atoms with Crippen molar-refractivity contribution in [2.24, 2.45) is 11.7 Å². The van der Waals surface area contributed by atoms with Crippen molar-refractivity contribution in [3.8, 4) is 0 Å². The van der Waals surface area contributed by atoms with Gasteiger partial charge in [-0.2, -0.15) is 0 Å². The molecular formula is C10H23NO. The van der Waals surface area contributed by atoms with Gasteiger partial charge in [0.1, 0.15) is 0 Å². The molecule has 0 heterocycles. The van der Waals surface area contributed by atoms with Gasteiger partial charge in [-0.3, -0.25) is 0 Å². The first-order valence-electron chi connectivity index (χ1n) is 4.83. The first kappa shape index (κ1) is 11.9. The van der Waals surface area contributed by atoms with Crippen molar-refractivity contribution in [1.29, 1.82) is 0 Å². The first-order chi connectivity index (χ1) is 5.45. The number of hydrogen-bond donors (Lipinski definition) is 1. The standard InChI is InChI=1S/C10H23NO/c1-6-10(5,7-11)12-9(4)8(2)3/h8-9H,6-7,11H2,1-5H3. The second kappa shape index (κ2) is 4.83. The van der Waals surface area contributed by atoms with Gasteiger partial charge in [-0.15, -0.1) is 0 Å². The Bertz CT molecular complexity index is 119. The van der Waals surface area contributed by atoms with Crippen LogP contribution in [0.4, 0.5) is 0 Å². The van der Waals surface area contributed by atoms with Crippen LogP contribution in [0, 0.1) is 5.92 Å². The number of hydrogen-bond acceptors (Lipinski definition) is 2. The maximum atomic E-state index is 5.87. The van der Waals surface area contributed by atoms with E-state index in [1.807, 2.05) is 0 Å². The maximum Gasteiger partial charge on any atom is 0.0777 e. The van der Waals surface area contributed by atoms with E-state index in [2.05, 4.69) is 34.6 Å². The minimum Gasteiger partial charge on any atom is -0.371 e. The zero-order valence-corrected chi connectivity index (χ0v) is 9.05.